The highest BCUT2D eigenvalue weighted by Gasteiger charge is 2.22. The van der Waals surface area contributed by atoms with Crippen LogP contribution in [0.5, 0.6) is 0 Å². The van der Waals surface area contributed by atoms with Crippen LogP contribution >= 0.6 is 22.9 Å². The Morgan fingerprint density at radius 3 is 2.91 bits per heavy atom. The minimum absolute atomic E-state index is 0.615. The van der Waals surface area contributed by atoms with E-state index in [4.69, 9.17) is 11.6 Å². The summed E-state index contributed by atoms with van der Waals surface area (Å²) in [5.41, 5.74) is 0. The van der Waals surface area contributed by atoms with Crippen molar-refractivity contribution in [1.29, 1.82) is 0 Å². The van der Waals surface area contributed by atoms with Gasteiger partial charge in [0.15, 0.2) is 0 Å². The van der Waals surface area contributed by atoms with Crippen LogP contribution in [0.15, 0.2) is 6.20 Å². The summed E-state index contributed by atoms with van der Waals surface area (Å²) in [6.45, 7) is 0. The van der Waals surface area contributed by atoms with Crippen molar-refractivity contribution in [3.8, 4) is 0 Å². The Balaban J connectivity index is 2.11. The van der Waals surface area contributed by atoms with Gasteiger partial charge in [-0.25, -0.2) is 4.98 Å². The first-order chi connectivity index (χ1) is 5.40. The molecule has 2 rings (SSSR count). The van der Waals surface area contributed by atoms with Crippen molar-refractivity contribution >= 4 is 22.9 Å². The first-order valence-corrected chi connectivity index (χ1v) is 5.26. The maximum absolute atomic E-state index is 5.68. The zero-order valence-corrected chi connectivity index (χ0v) is 7.79. The molecule has 1 aliphatic carbocycles. The van der Waals surface area contributed by atoms with Gasteiger partial charge in [0.25, 0.3) is 0 Å². The third kappa shape index (κ3) is 1.42. The minimum Gasteiger partial charge on any atom is -0.249 e. The van der Waals surface area contributed by atoms with Gasteiger partial charge in [0.05, 0.1) is 10.9 Å². The zero-order valence-electron chi connectivity index (χ0n) is 6.22. The van der Waals surface area contributed by atoms with E-state index >= 15 is 0 Å². The van der Waals surface area contributed by atoms with Gasteiger partial charge in [-0.05, 0) is 12.8 Å². The molecule has 0 bridgehead atoms. The van der Waals surface area contributed by atoms with Gasteiger partial charge < -0.3 is 0 Å². The molecule has 0 unspecified atom stereocenters. The van der Waals surface area contributed by atoms with E-state index in [1.807, 2.05) is 6.20 Å². The van der Waals surface area contributed by atoms with E-state index in [-0.39, 0.29) is 0 Å². The first kappa shape index (κ1) is 7.56. The van der Waals surface area contributed by atoms with Crippen LogP contribution in [0.25, 0.3) is 0 Å². The third-order valence-electron chi connectivity index (χ3n) is 2.16. The monoisotopic (exact) mass is 187 g/mol. The van der Waals surface area contributed by atoms with E-state index in [9.17, 15) is 0 Å². The highest BCUT2D eigenvalue weighted by Crippen LogP contribution is 2.38. The number of hydrogen-bond acceptors (Lipinski definition) is 2. The van der Waals surface area contributed by atoms with Gasteiger partial charge in [-0.1, -0.05) is 6.42 Å². The van der Waals surface area contributed by atoms with Crippen molar-refractivity contribution < 1.29 is 0 Å². The molecule has 1 saturated carbocycles. The van der Waals surface area contributed by atoms with E-state index in [2.05, 4.69) is 4.98 Å². The van der Waals surface area contributed by atoms with Crippen LogP contribution in [0.2, 0.25) is 0 Å². The number of halogens is 1. The smallest absolute Gasteiger partial charge is 0.0959 e. The molecule has 1 fully saturated rings. The summed E-state index contributed by atoms with van der Waals surface area (Å²) >= 11 is 7.45. The molecule has 0 amide bonds. The van der Waals surface area contributed by atoms with Crippen LogP contribution in [0.3, 0.4) is 0 Å². The van der Waals surface area contributed by atoms with Crippen molar-refractivity contribution in [2.45, 2.75) is 31.1 Å². The largest absolute Gasteiger partial charge is 0.249 e. The number of alkyl halides is 1. The number of hydrogen-bond donors (Lipinski definition) is 0. The molecule has 1 aromatic heterocycles. The molecule has 3 heteroatoms. The lowest BCUT2D eigenvalue weighted by molar-refractivity contribution is 0.418. The Morgan fingerprint density at radius 2 is 2.45 bits per heavy atom. The van der Waals surface area contributed by atoms with Crippen LogP contribution in [0, 0.1) is 0 Å². The quantitative estimate of drug-likeness (QED) is 0.649. The Kier molecular flexibility index (Phi) is 2.14. The van der Waals surface area contributed by atoms with Crippen molar-refractivity contribution in [2.75, 3.05) is 0 Å². The van der Waals surface area contributed by atoms with Gasteiger partial charge in [-0.15, -0.1) is 22.9 Å². The van der Waals surface area contributed by atoms with Crippen LogP contribution < -0.4 is 0 Å². The predicted molar refractivity (Wildman–Crippen MR) is 48.3 cm³/mol. The molecule has 1 aliphatic rings. The van der Waals surface area contributed by atoms with E-state index in [0.29, 0.717) is 5.88 Å². The number of nitrogens with zero attached hydrogens (tertiary/aromatic N) is 1. The van der Waals surface area contributed by atoms with Crippen LogP contribution in [-0.2, 0) is 5.88 Å². The SMILES string of the molecule is ClCc1cnc(C2CCC2)s1. The van der Waals surface area contributed by atoms with Gasteiger partial charge in [-0.3, -0.25) is 0 Å². The lowest BCUT2D eigenvalue weighted by Gasteiger charge is -2.22. The van der Waals surface area contributed by atoms with Crippen LogP contribution in [0.1, 0.15) is 35.1 Å². The lowest BCUT2D eigenvalue weighted by atomic mass is 9.86. The molecule has 0 aliphatic heterocycles. The highest BCUT2D eigenvalue weighted by atomic mass is 35.5. The summed E-state index contributed by atoms with van der Waals surface area (Å²) in [7, 11) is 0. The number of thiazole rings is 1. The molecule has 0 N–H and O–H groups in total. The summed E-state index contributed by atoms with van der Waals surface area (Å²) in [4.78, 5) is 5.55. The molecule has 1 aromatic rings. The molecular formula is C8H10ClNS. The fourth-order valence-corrected chi connectivity index (χ4v) is 2.40. The Hall–Kier alpha value is -0.0800. The second-order valence-corrected chi connectivity index (χ2v) is 4.34. The number of aromatic nitrogens is 1. The molecule has 60 valence electrons. The fourth-order valence-electron chi connectivity index (χ4n) is 1.23. The van der Waals surface area contributed by atoms with Crippen molar-refractivity contribution in [3.05, 3.63) is 16.1 Å². The maximum Gasteiger partial charge on any atom is 0.0959 e. The van der Waals surface area contributed by atoms with Crippen molar-refractivity contribution in [1.82, 2.24) is 4.98 Å². The van der Waals surface area contributed by atoms with Crippen LogP contribution in [-0.4, -0.2) is 4.98 Å². The fraction of sp³-hybridized carbons (Fsp3) is 0.625. The van der Waals surface area contributed by atoms with E-state index < -0.39 is 0 Å². The highest BCUT2D eigenvalue weighted by molar-refractivity contribution is 7.11. The van der Waals surface area contributed by atoms with E-state index in [0.717, 1.165) is 5.92 Å². The molecule has 0 spiro atoms. The van der Waals surface area contributed by atoms with Gasteiger partial charge in [0.2, 0.25) is 0 Å². The Morgan fingerprint density at radius 1 is 1.64 bits per heavy atom. The molecular weight excluding hydrogens is 178 g/mol. The first-order valence-electron chi connectivity index (χ1n) is 3.90. The summed E-state index contributed by atoms with van der Waals surface area (Å²) in [6, 6.07) is 0. The van der Waals surface area contributed by atoms with E-state index in [1.54, 1.807) is 11.3 Å². The Bertz CT molecular complexity index is 242. The molecule has 0 atom stereocenters. The molecule has 0 saturated heterocycles. The minimum atomic E-state index is 0.615. The van der Waals surface area contributed by atoms with E-state index in [1.165, 1.54) is 29.1 Å². The standard InChI is InChI=1S/C8H10ClNS/c9-4-7-5-10-8(11-7)6-2-1-3-6/h5-6H,1-4H2. The lowest BCUT2D eigenvalue weighted by Crippen LogP contribution is -2.07. The number of rotatable bonds is 2. The normalized spacial score (nSPS) is 18.3. The summed E-state index contributed by atoms with van der Waals surface area (Å²) in [5.74, 6) is 1.38. The Labute approximate surface area is 75.4 Å². The topological polar surface area (TPSA) is 12.9 Å². The molecule has 11 heavy (non-hydrogen) atoms. The zero-order chi connectivity index (χ0) is 7.68. The van der Waals surface area contributed by atoms with Gasteiger partial charge >= 0.3 is 0 Å². The summed E-state index contributed by atoms with van der Waals surface area (Å²) in [5, 5.41) is 1.30. The van der Waals surface area contributed by atoms with Gasteiger partial charge in [-0.2, -0.15) is 0 Å². The predicted octanol–water partition coefficient (Wildman–Crippen LogP) is 3.15. The molecule has 0 aromatic carbocycles. The third-order valence-corrected chi connectivity index (χ3v) is 3.76. The van der Waals surface area contributed by atoms with Crippen molar-refractivity contribution in [3.63, 3.8) is 0 Å². The second kappa shape index (κ2) is 3.11. The van der Waals surface area contributed by atoms with Gasteiger partial charge in [0, 0.05) is 17.0 Å². The molecule has 1 nitrogen and oxygen atoms in total. The summed E-state index contributed by atoms with van der Waals surface area (Å²) < 4.78 is 0. The van der Waals surface area contributed by atoms with Gasteiger partial charge in [0.1, 0.15) is 0 Å². The average molecular weight is 188 g/mol. The van der Waals surface area contributed by atoms with Crippen molar-refractivity contribution in [2.24, 2.45) is 0 Å². The molecule has 1 heterocycles. The summed E-state index contributed by atoms with van der Waals surface area (Å²) in [6.07, 6.45) is 5.94. The van der Waals surface area contributed by atoms with Crippen LogP contribution in [0.4, 0.5) is 0 Å². The second-order valence-electron chi connectivity index (χ2n) is 2.93. The maximum atomic E-state index is 5.68. The average Bonchev–Trinajstić information content (AvgIpc) is 2.32. The molecule has 0 radical (unpaired) electrons.